The summed E-state index contributed by atoms with van der Waals surface area (Å²) >= 11 is 6.06. The van der Waals surface area contributed by atoms with Crippen LogP contribution in [0.1, 0.15) is 25.1 Å². The summed E-state index contributed by atoms with van der Waals surface area (Å²) < 4.78 is 6.28. The Bertz CT molecular complexity index is 512. The van der Waals surface area contributed by atoms with E-state index in [2.05, 4.69) is 5.10 Å². The predicted molar refractivity (Wildman–Crippen MR) is 69.0 cm³/mol. The number of esters is 1. The molecule has 0 bridgehead atoms. The molecule has 106 valence electrons. The Kier molecular flexibility index (Phi) is 4.57. The van der Waals surface area contributed by atoms with Crippen molar-refractivity contribution in [3.05, 3.63) is 16.4 Å². The van der Waals surface area contributed by atoms with Crippen molar-refractivity contribution in [2.24, 2.45) is 12.5 Å². The molecule has 0 spiro atoms. The van der Waals surface area contributed by atoms with Crippen LogP contribution < -0.4 is 0 Å². The zero-order valence-corrected chi connectivity index (χ0v) is 12.1. The molecule has 0 amide bonds. The molecule has 1 aromatic heterocycles. The smallest absolute Gasteiger partial charge is 0.323 e. The molecule has 1 aromatic rings. The summed E-state index contributed by atoms with van der Waals surface area (Å²) in [5.74, 6) is -2.02. The molecule has 1 heterocycles. The van der Waals surface area contributed by atoms with Crippen molar-refractivity contribution in [3.63, 3.8) is 0 Å². The highest BCUT2D eigenvalue weighted by atomic mass is 35.5. The van der Waals surface area contributed by atoms with Crippen LogP contribution in [-0.2, 0) is 27.8 Å². The zero-order chi connectivity index (χ0) is 14.8. The summed E-state index contributed by atoms with van der Waals surface area (Å²) in [4.78, 5) is 23.3. The number of aryl methyl sites for hydroxylation is 2. The van der Waals surface area contributed by atoms with Crippen LogP contribution in [0.5, 0.6) is 0 Å². The van der Waals surface area contributed by atoms with Gasteiger partial charge in [0.05, 0.1) is 12.3 Å². The van der Waals surface area contributed by atoms with Crippen molar-refractivity contribution >= 4 is 23.5 Å². The fourth-order valence-electron chi connectivity index (χ4n) is 1.75. The quantitative estimate of drug-likeness (QED) is 0.657. The highest BCUT2D eigenvalue weighted by Gasteiger charge is 2.44. The van der Waals surface area contributed by atoms with Gasteiger partial charge in [-0.1, -0.05) is 11.6 Å². The molecule has 0 radical (unpaired) electrons. The molecule has 19 heavy (non-hydrogen) atoms. The molecule has 0 aliphatic rings. The minimum Gasteiger partial charge on any atom is -0.480 e. The monoisotopic (exact) mass is 288 g/mol. The number of aliphatic carboxylic acids is 1. The number of rotatable bonds is 5. The van der Waals surface area contributed by atoms with Gasteiger partial charge in [0.25, 0.3) is 0 Å². The third-order valence-corrected chi connectivity index (χ3v) is 3.47. The topological polar surface area (TPSA) is 81.4 Å². The first-order chi connectivity index (χ1) is 8.74. The molecule has 0 aromatic carbocycles. The summed E-state index contributed by atoms with van der Waals surface area (Å²) in [5.41, 5.74) is -0.528. The van der Waals surface area contributed by atoms with E-state index < -0.39 is 17.4 Å². The van der Waals surface area contributed by atoms with Gasteiger partial charge in [-0.2, -0.15) is 5.10 Å². The van der Waals surface area contributed by atoms with E-state index in [1.807, 2.05) is 0 Å². The number of hydrogen-bond acceptors (Lipinski definition) is 4. The van der Waals surface area contributed by atoms with Crippen LogP contribution in [0.3, 0.4) is 0 Å². The van der Waals surface area contributed by atoms with Crippen molar-refractivity contribution < 1.29 is 19.4 Å². The molecule has 1 unspecified atom stereocenters. The van der Waals surface area contributed by atoms with Gasteiger partial charge >= 0.3 is 11.9 Å². The Labute approximate surface area is 116 Å². The average molecular weight is 289 g/mol. The van der Waals surface area contributed by atoms with Gasteiger partial charge in [-0.25, -0.2) is 0 Å². The Morgan fingerprint density at radius 2 is 2.11 bits per heavy atom. The van der Waals surface area contributed by atoms with E-state index >= 15 is 0 Å². The number of ether oxygens (including phenoxy) is 1. The lowest BCUT2D eigenvalue weighted by Gasteiger charge is -2.22. The van der Waals surface area contributed by atoms with Gasteiger partial charge in [0.1, 0.15) is 5.15 Å². The van der Waals surface area contributed by atoms with Crippen molar-refractivity contribution in [1.29, 1.82) is 0 Å². The molecule has 1 N–H and O–H groups in total. The summed E-state index contributed by atoms with van der Waals surface area (Å²) in [7, 11) is 1.65. The lowest BCUT2D eigenvalue weighted by Crippen LogP contribution is -2.40. The van der Waals surface area contributed by atoms with Crippen LogP contribution in [-0.4, -0.2) is 33.4 Å². The molecular weight excluding hydrogens is 272 g/mol. The van der Waals surface area contributed by atoms with E-state index in [1.165, 1.54) is 11.6 Å². The molecule has 0 fully saturated rings. The summed E-state index contributed by atoms with van der Waals surface area (Å²) in [6.07, 6.45) is -0.0559. The normalized spacial score (nSPS) is 13.9. The summed E-state index contributed by atoms with van der Waals surface area (Å²) in [6.45, 7) is 4.80. The van der Waals surface area contributed by atoms with E-state index in [4.69, 9.17) is 16.3 Å². The lowest BCUT2D eigenvalue weighted by molar-refractivity contribution is -0.167. The number of carbonyl (C=O) groups excluding carboxylic acids is 1. The zero-order valence-electron chi connectivity index (χ0n) is 11.4. The summed E-state index contributed by atoms with van der Waals surface area (Å²) in [5, 5.41) is 13.7. The van der Waals surface area contributed by atoms with Gasteiger partial charge in [0.15, 0.2) is 5.41 Å². The Morgan fingerprint density at radius 1 is 1.53 bits per heavy atom. The second-order valence-corrected chi connectivity index (χ2v) is 4.87. The maximum Gasteiger partial charge on any atom is 0.323 e. The van der Waals surface area contributed by atoms with Crippen molar-refractivity contribution in [1.82, 2.24) is 9.78 Å². The lowest BCUT2D eigenvalue weighted by atomic mass is 9.84. The van der Waals surface area contributed by atoms with E-state index in [9.17, 15) is 14.7 Å². The molecular formula is C12H17ClN2O4. The van der Waals surface area contributed by atoms with Crippen LogP contribution in [0.4, 0.5) is 0 Å². The van der Waals surface area contributed by atoms with Crippen LogP contribution in [0, 0.1) is 12.3 Å². The molecule has 6 nitrogen and oxygen atoms in total. The van der Waals surface area contributed by atoms with E-state index in [0.29, 0.717) is 16.4 Å². The van der Waals surface area contributed by atoms with E-state index in [0.717, 1.165) is 0 Å². The molecule has 0 saturated heterocycles. The molecule has 0 aliphatic carbocycles. The molecule has 7 heteroatoms. The van der Waals surface area contributed by atoms with E-state index in [1.54, 1.807) is 20.9 Å². The van der Waals surface area contributed by atoms with Gasteiger partial charge in [-0.05, 0) is 20.8 Å². The number of halogens is 1. The van der Waals surface area contributed by atoms with E-state index in [-0.39, 0.29) is 13.0 Å². The number of aromatic nitrogens is 2. The minimum atomic E-state index is -1.67. The average Bonchev–Trinajstić information content (AvgIpc) is 2.55. The van der Waals surface area contributed by atoms with Crippen molar-refractivity contribution in [2.45, 2.75) is 27.2 Å². The Hall–Kier alpha value is -1.56. The third-order valence-electron chi connectivity index (χ3n) is 3.00. The number of carboxylic acid groups (broad SMARTS) is 1. The van der Waals surface area contributed by atoms with Crippen LogP contribution in [0.15, 0.2) is 0 Å². The van der Waals surface area contributed by atoms with Crippen LogP contribution >= 0.6 is 11.6 Å². The Morgan fingerprint density at radius 3 is 2.47 bits per heavy atom. The SMILES string of the molecule is CCOC(=O)C(C)(Cc1c(C)nn(C)c1Cl)C(=O)O. The Balaban J connectivity index is 3.16. The number of hydrogen-bond donors (Lipinski definition) is 1. The number of carbonyl (C=O) groups is 2. The summed E-state index contributed by atoms with van der Waals surface area (Å²) in [6, 6.07) is 0. The van der Waals surface area contributed by atoms with Gasteiger partial charge in [-0.15, -0.1) is 0 Å². The highest BCUT2D eigenvalue weighted by molar-refractivity contribution is 6.30. The number of carboxylic acids is 1. The first kappa shape index (κ1) is 15.5. The fourth-order valence-corrected chi connectivity index (χ4v) is 2.00. The van der Waals surface area contributed by atoms with Crippen molar-refractivity contribution in [2.75, 3.05) is 6.61 Å². The van der Waals surface area contributed by atoms with Gasteiger partial charge in [0, 0.05) is 19.0 Å². The van der Waals surface area contributed by atoms with Crippen LogP contribution in [0.25, 0.3) is 0 Å². The largest absolute Gasteiger partial charge is 0.480 e. The first-order valence-corrected chi connectivity index (χ1v) is 6.20. The minimum absolute atomic E-state index is 0.0559. The second kappa shape index (κ2) is 5.61. The first-order valence-electron chi connectivity index (χ1n) is 5.82. The number of nitrogens with zero attached hydrogens (tertiary/aromatic N) is 2. The third kappa shape index (κ3) is 2.89. The van der Waals surface area contributed by atoms with Crippen molar-refractivity contribution in [3.8, 4) is 0 Å². The van der Waals surface area contributed by atoms with Gasteiger partial charge < -0.3 is 9.84 Å². The molecule has 1 rings (SSSR count). The molecule has 1 atom stereocenters. The van der Waals surface area contributed by atoms with Crippen LogP contribution in [0.2, 0.25) is 5.15 Å². The highest BCUT2D eigenvalue weighted by Crippen LogP contribution is 2.30. The molecule has 0 saturated carbocycles. The second-order valence-electron chi connectivity index (χ2n) is 4.51. The predicted octanol–water partition coefficient (Wildman–Crippen LogP) is 1.58. The van der Waals surface area contributed by atoms with Gasteiger partial charge in [-0.3, -0.25) is 14.3 Å². The molecule has 0 aliphatic heterocycles. The fraction of sp³-hybridized carbons (Fsp3) is 0.583. The maximum absolute atomic E-state index is 11.9. The van der Waals surface area contributed by atoms with Gasteiger partial charge in [0.2, 0.25) is 0 Å². The maximum atomic E-state index is 11.9. The standard InChI is InChI=1S/C12H17ClN2O4/c1-5-19-11(18)12(3,10(16)17)6-8-7(2)14-15(4)9(8)13/h5-6H2,1-4H3,(H,16,17).